The Morgan fingerprint density at radius 3 is 1.43 bits per heavy atom. The zero-order chi connectivity index (χ0) is 49.7. The summed E-state index contributed by atoms with van der Waals surface area (Å²) in [5.74, 6) is -3.82. The Morgan fingerprint density at radius 1 is 0.574 bits per heavy atom. The van der Waals surface area contributed by atoms with Crippen LogP contribution in [0.4, 0.5) is 26.3 Å². The summed E-state index contributed by atoms with van der Waals surface area (Å²) >= 11 is 0. The largest absolute Gasteiger partial charge is 0.480 e. The number of hydrogen-bond acceptors (Lipinski definition) is 13. The van der Waals surface area contributed by atoms with E-state index in [1.54, 1.807) is 37.8 Å². The number of carboxylic acid groups (broad SMARTS) is 3. The third-order valence-electron chi connectivity index (χ3n) is 11.2. The molecule has 2 aromatic rings. The summed E-state index contributed by atoms with van der Waals surface area (Å²) in [6, 6.07) is 9.84. The average molecular weight is 978 g/mol. The predicted molar refractivity (Wildman–Crippen MR) is 231 cm³/mol. The molecule has 4 rings (SSSR count). The molecule has 2 aliphatic rings. The van der Waals surface area contributed by atoms with Crippen molar-refractivity contribution in [3.63, 3.8) is 0 Å². The first-order valence-electron chi connectivity index (χ1n) is 22.2. The monoisotopic (exact) mass is 977 g/mol. The second kappa shape index (κ2) is 27.9. The van der Waals surface area contributed by atoms with Crippen LogP contribution >= 0.6 is 0 Å². The summed E-state index contributed by atoms with van der Waals surface area (Å²) in [7, 11) is 0. The van der Waals surface area contributed by atoms with Crippen molar-refractivity contribution in [2.24, 2.45) is 0 Å². The number of benzene rings is 2. The molecule has 0 aliphatic carbocycles. The first kappa shape index (κ1) is 55.6. The number of ether oxygens (including phenoxy) is 3. The van der Waals surface area contributed by atoms with Gasteiger partial charge in [0.15, 0.2) is 0 Å². The molecule has 0 aromatic heterocycles. The maximum atomic E-state index is 13.5. The van der Waals surface area contributed by atoms with E-state index in [9.17, 15) is 65.6 Å². The van der Waals surface area contributed by atoms with Crippen LogP contribution in [0.15, 0.2) is 48.5 Å². The first-order valence-corrected chi connectivity index (χ1v) is 22.2. The van der Waals surface area contributed by atoms with Crippen LogP contribution in [0.25, 0.3) is 0 Å². The van der Waals surface area contributed by atoms with Crippen molar-refractivity contribution in [2.75, 3.05) is 131 Å². The first-order chi connectivity index (χ1) is 32.3. The standard InChI is InChI=1S/C44H61F6N7O11/c45-43(46,47)34-23-32(24-35(25-34)44(48,49)50)31-68-36-7-4-10-57(42(36)33-5-2-1-3-6-33)27-38(59)52-9-20-67-22-21-66-19-8-51-37(58)26-53-11-13-54(28-39(60)61)15-17-56(30-41(64)65)18-16-55(14-12-53)29-40(62)63/h1-3,5-6,23-25,36,42H,4,7-22,26-31H2,(H,51,58)(H,52,59)(H,60,61)(H,62,63)(H,64,65)/t36-,42-/m0/s1. The van der Waals surface area contributed by atoms with Crippen LogP contribution in [0.3, 0.4) is 0 Å². The summed E-state index contributed by atoms with van der Waals surface area (Å²) in [4.78, 5) is 69.1. The van der Waals surface area contributed by atoms with E-state index >= 15 is 0 Å². The van der Waals surface area contributed by atoms with Gasteiger partial charge in [0.1, 0.15) is 0 Å². The van der Waals surface area contributed by atoms with Gasteiger partial charge in [0, 0.05) is 65.4 Å². The van der Waals surface area contributed by atoms with E-state index in [1.807, 2.05) is 17.0 Å². The number of carbonyl (C=O) groups excluding carboxylic acids is 2. The number of nitrogens with one attached hydrogen (secondary N) is 2. The lowest BCUT2D eigenvalue weighted by atomic mass is 9.92. The van der Waals surface area contributed by atoms with Gasteiger partial charge in [-0.15, -0.1) is 0 Å². The van der Waals surface area contributed by atoms with Gasteiger partial charge in [-0.2, -0.15) is 26.3 Å². The highest BCUT2D eigenvalue weighted by Crippen LogP contribution is 2.38. The van der Waals surface area contributed by atoms with Gasteiger partial charge >= 0.3 is 30.3 Å². The maximum Gasteiger partial charge on any atom is 0.416 e. The SMILES string of the molecule is O=C(O)CN1CCN(CC(=O)O)CCN(CC(=O)NCCOCCOCCNC(=O)CN2CCC[C@H](OCc3cc(C(F)(F)F)cc(C(F)(F)F)c3)[C@@H]2c2ccccc2)CCN(CC(=O)O)CC1. The van der Waals surface area contributed by atoms with Crippen molar-refractivity contribution < 1.29 is 79.8 Å². The Bertz CT molecular complexity index is 1850. The lowest BCUT2D eigenvalue weighted by molar-refractivity contribution is -0.143. The van der Waals surface area contributed by atoms with Crippen LogP contribution in [-0.2, 0) is 57.1 Å². The van der Waals surface area contributed by atoms with E-state index in [4.69, 9.17) is 14.2 Å². The van der Waals surface area contributed by atoms with E-state index in [-0.39, 0.29) is 135 Å². The van der Waals surface area contributed by atoms with Crippen molar-refractivity contribution in [1.82, 2.24) is 35.1 Å². The second-order valence-electron chi connectivity index (χ2n) is 16.4. The molecule has 2 saturated heterocycles. The van der Waals surface area contributed by atoms with E-state index in [0.717, 1.165) is 5.56 Å². The van der Waals surface area contributed by atoms with Gasteiger partial charge < -0.3 is 40.2 Å². The van der Waals surface area contributed by atoms with Crippen molar-refractivity contribution >= 4 is 29.7 Å². The molecule has 2 fully saturated rings. The minimum atomic E-state index is -4.99. The molecule has 0 saturated carbocycles. The number of alkyl halides is 6. The number of halogens is 6. The van der Waals surface area contributed by atoms with E-state index in [1.165, 1.54) is 0 Å². The summed E-state index contributed by atoms with van der Waals surface area (Å²) in [5, 5.41) is 33.8. The lowest BCUT2D eigenvalue weighted by Gasteiger charge is -2.41. The molecule has 24 heteroatoms. The normalized spacial score (nSPS) is 19.1. The Balaban J connectivity index is 1.17. The molecule has 2 amide bonds. The smallest absolute Gasteiger partial charge is 0.416 e. The fourth-order valence-corrected chi connectivity index (χ4v) is 7.89. The lowest BCUT2D eigenvalue weighted by Crippen LogP contribution is -2.50. The quantitative estimate of drug-likeness (QED) is 0.0798. The van der Waals surface area contributed by atoms with Gasteiger partial charge in [0.25, 0.3) is 0 Å². The average Bonchev–Trinajstić information content (AvgIpc) is 3.26. The fraction of sp³-hybridized carbons (Fsp3) is 0.614. The number of hydrogen-bond donors (Lipinski definition) is 5. The molecule has 0 unspecified atom stereocenters. The van der Waals surface area contributed by atoms with Gasteiger partial charge in [0.05, 0.1) is 89.0 Å². The zero-order valence-corrected chi connectivity index (χ0v) is 37.6. The third kappa shape index (κ3) is 20.7. The molecule has 68 heavy (non-hydrogen) atoms. The molecule has 2 heterocycles. The zero-order valence-electron chi connectivity index (χ0n) is 37.6. The topological polar surface area (TPSA) is 214 Å². The highest BCUT2D eigenvalue weighted by atomic mass is 19.4. The van der Waals surface area contributed by atoms with E-state index < -0.39 is 60.1 Å². The van der Waals surface area contributed by atoms with Crippen molar-refractivity contribution in [1.29, 1.82) is 0 Å². The fourth-order valence-electron chi connectivity index (χ4n) is 7.89. The number of aliphatic carboxylic acids is 3. The minimum absolute atomic E-state index is 0.0425. The molecular formula is C44H61F6N7O11. The van der Waals surface area contributed by atoms with Crippen molar-refractivity contribution in [3.05, 3.63) is 70.8 Å². The van der Waals surface area contributed by atoms with Gasteiger partial charge in [-0.1, -0.05) is 30.3 Å². The summed E-state index contributed by atoms with van der Waals surface area (Å²) in [6.45, 7) is 2.22. The number of rotatable bonds is 23. The third-order valence-corrected chi connectivity index (χ3v) is 11.2. The number of likely N-dealkylation sites (tertiary alicyclic amines) is 1. The highest BCUT2D eigenvalue weighted by Gasteiger charge is 2.38. The van der Waals surface area contributed by atoms with Crippen LogP contribution in [-0.4, -0.2) is 207 Å². The number of piperidine rings is 1. The van der Waals surface area contributed by atoms with Crippen LogP contribution in [0, 0.1) is 0 Å². The van der Waals surface area contributed by atoms with Crippen molar-refractivity contribution in [3.8, 4) is 0 Å². The van der Waals surface area contributed by atoms with Gasteiger partial charge in [0.2, 0.25) is 11.8 Å². The second-order valence-corrected chi connectivity index (χ2v) is 16.4. The summed E-state index contributed by atoms with van der Waals surface area (Å²) < 4.78 is 98.1. The number of amides is 2. The molecule has 0 bridgehead atoms. The maximum absolute atomic E-state index is 13.5. The molecule has 0 spiro atoms. The van der Waals surface area contributed by atoms with Crippen LogP contribution < -0.4 is 10.6 Å². The van der Waals surface area contributed by atoms with Gasteiger partial charge in [-0.05, 0) is 48.7 Å². The Morgan fingerprint density at radius 2 is 1.00 bits per heavy atom. The molecule has 380 valence electrons. The van der Waals surface area contributed by atoms with Gasteiger partial charge in [-0.3, -0.25) is 48.5 Å². The molecule has 2 aromatic carbocycles. The van der Waals surface area contributed by atoms with Crippen LogP contribution in [0.5, 0.6) is 0 Å². The van der Waals surface area contributed by atoms with Crippen LogP contribution in [0.1, 0.15) is 41.1 Å². The number of nitrogens with zero attached hydrogens (tertiary/aromatic N) is 5. The molecular weight excluding hydrogens is 917 g/mol. The number of carboxylic acids is 3. The molecule has 5 N–H and O–H groups in total. The Hall–Kier alpha value is -4.95. The van der Waals surface area contributed by atoms with Gasteiger partial charge in [-0.25, -0.2) is 0 Å². The van der Waals surface area contributed by atoms with E-state index in [0.29, 0.717) is 44.6 Å². The molecule has 2 atom stereocenters. The summed E-state index contributed by atoms with van der Waals surface area (Å²) in [6.07, 6.45) is -9.62. The molecule has 0 radical (unpaired) electrons. The molecule has 18 nitrogen and oxygen atoms in total. The number of carbonyl (C=O) groups is 5. The summed E-state index contributed by atoms with van der Waals surface area (Å²) in [5.41, 5.74) is -2.37. The Labute approximate surface area is 390 Å². The Kier molecular flexibility index (Phi) is 22.8. The van der Waals surface area contributed by atoms with E-state index in [2.05, 4.69) is 10.6 Å². The minimum Gasteiger partial charge on any atom is -0.480 e. The molecule has 2 aliphatic heterocycles. The van der Waals surface area contributed by atoms with Crippen molar-refractivity contribution in [2.45, 2.75) is 43.9 Å². The van der Waals surface area contributed by atoms with Crippen LogP contribution in [0.2, 0.25) is 0 Å². The highest BCUT2D eigenvalue weighted by molar-refractivity contribution is 5.78. The predicted octanol–water partition coefficient (Wildman–Crippen LogP) is 2.19.